The SMILES string of the molecule is Nc1nc(-c2ccccc2)c(-c2cc(Cl)c3ncccc3c2)nc1OC1CCCC1. The molecule has 0 aliphatic heterocycles. The van der Waals surface area contributed by atoms with E-state index < -0.39 is 0 Å². The summed E-state index contributed by atoms with van der Waals surface area (Å²) in [7, 11) is 0. The predicted octanol–water partition coefficient (Wildman–Crippen LogP) is 5.92. The molecule has 30 heavy (non-hydrogen) atoms. The highest BCUT2D eigenvalue weighted by molar-refractivity contribution is 6.35. The third-order valence-electron chi connectivity index (χ3n) is 5.45. The fourth-order valence-electron chi connectivity index (χ4n) is 3.97. The number of benzene rings is 2. The van der Waals surface area contributed by atoms with Crippen LogP contribution in [0, 0.1) is 0 Å². The zero-order chi connectivity index (χ0) is 20.5. The number of fused-ring (bicyclic) bond motifs is 1. The monoisotopic (exact) mass is 416 g/mol. The van der Waals surface area contributed by atoms with Crippen LogP contribution in [0.5, 0.6) is 5.88 Å². The number of halogens is 1. The zero-order valence-electron chi connectivity index (χ0n) is 16.4. The maximum atomic E-state index is 6.55. The average Bonchev–Trinajstić information content (AvgIpc) is 3.29. The highest BCUT2D eigenvalue weighted by atomic mass is 35.5. The number of nitrogens with two attached hydrogens (primary N) is 1. The van der Waals surface area contributed by atoms with E-state index in [0.29, 0.717) is 28.1 Å². The van der Waals surface area contributed by atoms with E-state index in [1.165, 1.54) is 12.8 Å². The maximum absolute atomic E-state index is 6.55. The molecule has 150 valence electrons. The van der Waals surface area contributed by atoms with Crippen LogP contribution in [0.25, 0.3) is 33.4 Å². The van der Waals surface area contributed by atoms with Crippen LogP contribution in [0.2, 0.25) is 5.02 Å². The van der Waals surface area contributed by atoms with E-state index in [1.54, 1.807) is 6.20 Å². The smallest absolute Gasteiger partial charge is 0.258 e. The van der Waals surface area contributed by atoms with Crippen LogP contribution >= 0.6 is 11.6 Å². The Hall–Kier alpha value is -3.18. The van der Waals surface area contributed by atoms with Crippen LogP contribution in [-0.2, 0) is 0 Å². The fourth-order valence-corrected chi connectivity index (χ4v) is 4.24. The molecule has 0 spiro atoms. The predicted molar refractivity (Wildman–Crippen MR) is 121 cm³/mol. The summed E-state index contributed by atoms with van der Waals surface area (Å²) in [6.45, 7) is 0. The first-order valence-corrected chi connectivity index (χ1v) is 10.5. The Balaban J connectivity index is 1.69. The molecule has 1 fully saturated rings. The van der Waals surface area contributed by atoms with E-state index in [1.807, 2.05) is 54.6 Å². The summed E-state index contributed by atoms with van der Waals surface area (Å²) in [6, 6.07) is 17.7. The summed E-state index contributed by atoms with van der Waals surface area (Å²) >= 11 is 6.55. The second kappa shape index (κ2) is 7.92. The number of ether oxygens (including phenoxy) is 1. The highest BCUT2D eigenvalue weighted by Gasteiger charge is 2.22. The van der Waals surface area contributed by atoms with Crippen LogP contribution in [0.1, 0.15) is 25.7 Å². The summed E-state index contributed by atoms with van der Waals surface area (Å²) < 4.78 is 6.13. The van der Waals surface area contributed by atoms with Crippen molar-refractivity contribution >= 4 is 28.3 Å². The first kappa shape index (κ1) is 18.8. The van der Waals surface area contributed by atoms with Crippen LogP contribution in [0.15, 0.2) is 60.8 Å². The summed E-state index contributed by atoms with van der Waals surface area (Å²) in [4.78, 5) is 13.9. The van der Waals surface area contributed by atoms with Crippen molar-refractivity contribution < 1.29 is 4.74 Å². The Morgan fingerprint density at radius 1 is 0.900 bits per heavy atom. The molecule has 4 aromatic rings. The van der Waals surface area contributed by atoms with Crippen molar-refractivity contribution in [2.75, 3.05) is 5.73 Å². The van der Waals surface area contributed by atoms with Gasteiger partial charge in [-0.25, -0.2) is 9.97 Å². The number of nitrogens with zero attached hydrogens (tertiary/aromatic N) is 3. The lowest BCUT2D eigenvalue weighted by Gasteiger charge is -2.17. The first-order chi connectivity index (χ1) is 14.7. The molecule has 0 atom stereocenters. The van der Waals surface area contributed by atoms with Gasteiger partial charge in [-0.05, 0) is 43.9 Å². The topological polar surface area (TPSA) is 73.9 Å². The Bertz CT molecular complexity index is 1210. The van der Waals surface area contributed by atoms with Crippen LogP contribution in [0.4, 0.5) is 5.82 Å². The van der Waals surface area contributed by atoms with E-state index in [2.05, 4.69) is 4.98 Å². The molecular formula is C24H21ClN4O. The van der Waals surface area contributed by atoms with E-state index >= 15 is 0 Å². The van der Waals surface area contributed by atoms with Gasteiger partial charge in [-0.1, -0.05) is 48.0 Å². The number of rotatable bonds is 4. The van der Waals surface area contributed by atoms with Crippen molar-refractivity contribution in [2.24, 2.45) is 0 Å². The molecule has 5 nitrogen and oxygen atoms in total. The lowest BCUT2D eigenvalue weighted by Crippen LogP contribution is -2.14. The van der Waals surface area contributed by atoms with Gasteiger partial charge in [0.2, 0.25) is 0 Å². The van der Waals surface area contributed by atoms with Crippen LogP contribution in [0.3, 0.4) is 0 Å². The minimum Gasteiger partial charge on any atom is -0.472 e. The van der Waals surface area contributed by atoms with Gasteiger partial charge in [0.1, 0.15) is 11.8 Å². The molecule has 0 saturated heterocycles. The van der Waals surface area contributed by atoms with Gasteiger partial charge in [-0.15, -0.1) is 0 Å². The fraction of sp³-hybridized carbons (Fsp3) is 0.208. The molecule has 1 aliphatic rings. The van der Waals surface area contributed by atoms with E-state index in [9.17, 15) is 0 Å². The lowest BCUT2D eigenvalue weighted by molar-refractivity contribution is 0.202. The van der Waals surface area contributed by atoms with Crippen molar-refractivity contribution in [3.05, 3.63) is 65.8 Å². The molecule has 0 bridgehead atoms. The van der Waals surface area contributed by atoms with Gasteiger partial charge >= 0.3 is 0 Å². The van der Waals surface area contributed by atoms with E-state index in [-0.39, 0.29) is 6.10 Å². The molecular weight excluding hydrogens is 396 g/mol. The number of hydrogen-bond acceptors (Lipinski definition) is 5. The van der Waals surface area contributed by atoms with Gasteiger partial charge in [0.15, 0.2) is 5.82 Å². The largest absolute Gasteiger partial charge is 0.472 e. The van der Waals surface area contributed by atoms with Crippen LogP contribution < -0.4 is 10.5 Å². The third kappa shape index (κ3) is 3.57. The zero-order valence-corrected chi connectivity index (χ0v) is 17.1. The standard InChI is InChI=1S/C24H21ClN4O/c25-19-14-17(13-16-9-6-12-27-20(16)19)22-21(15-7-2-1-3-8-15)28-23(26)24(29-22)30-18-10-4-5-11-18/h1-3,6-9,12-14,18H,4-5,10-11H2,(H2,26,28). The maximum Gasteiger partial charge on any atom is 0.258 e. The molecule has 6 heteroatoms. The molecule has 1 saturated carbocycles. The second-order valence-corrected chi connectivity index (χ2v) is 7.94. The van der Waals surface area contributed by atoms with Gasteiger partial charge in [0.25, 0.3) is 5.88 Å². The van der Waals surface area contributed by atoms with Gasteiger partial charge < -0.3 is 10.5 Å². The number of aromatic nitrogens is 3. The quantitative estimate of drug-likeness (QED) is 0.447. The van der Waals surface area contributed by atoms with Gasteiger partial charge in [0, 0.05) is 22.7 Å². The Morgan fingerprint density at radius 2 is 1.67 bits per heavy atom. The number of hydrogen-bond donors (Lipinski definition) is 1. The summed E-state index contributed by atoms with van der Waals surface area (Å²) in [5.41, 5.74) is 10.2. The summed E-state index contributed by atoms with van der Waals surface area (Å²) in [6.07, 6.45) is 6.25. The van der Waals surface area contributed by atoms with E-state index in [4.69, 9.17) is 32.0 Å². The Kier molecular flexibility index (Phi) is 4.97. The molecule has 5 rings (SSSR count). The third-order valence-corrected chi connectivity index (χ3v) is 5.74. The molecule has 2 aromatic carbocycles. The summed E-state index contributed by atoms with van der Waals surface area (Å²) in [5, 5.41) is 1.51. The second-order valence-electron chi connectivity index (χ2n) is 7.53. The Morgan fingerprint density at radius 3 is 2.47 bits per heavy atom. The number of nitrogen functional groups attached to an aromatic ring is 1. The van der Waals surface area contributed by atoms with Crippen molar-refractivity contribution in [3.63, 3.8) is 0 Å². The molecule has 0 radical (unpaired) electrons. The first-order valence-electron chi connectivity index (χ1n) is 10.1. The number of anilines is 1. The van der Waals surface area contributed by atoms with Gasteiger partial charge in [-0.3, -0.25) is 4.98 Å². The van der Waals surface area contributed by atoms with Crippen LogP contribution in [-0.4, -0.2) is 21.1 Å². The molecule has 2 heterocycles. The lowest BCUT2D eigenvalue weighted by atomic mass is 10.0. The highest BCUT2D eigenvalue weighted by Crippen LogP contribution is 2.37. The van der Waals surface area contributed by atoms with Crippen molar-refractivity contribution in [1.29, 1.82) is 0 Å². The molecule has 0 unspecified atom stereocenters. The summed E-state index contributed by atoms with van der Waals surface area (Å²) in [5.74, 6) is 0.692. The Labute approximate surface area is 179 Å². The van der Waals surface area contributed by atoms with Crippen molar-refractivity contribution in [2.45, 2.75) is 31.8 Å². The number of pyridine rings is 1. The van der Waals surface area contributed by atoms with Gasteiger partial charge in [-0.2, -0.15) is 0 Å². The molecule has 1 aliphatic carbocycles. The minimum absolute atomic E-state index is 0.140. The average molecular weight is 417 g/mol. The van der Waals surface area contributed by atoms with E-state index in [0.717, 1.165) is 34.9 Å². The minimum atomic E-state index is 0.140. The van der Waals surface area contributed by atoms with Crippen molar-refractivity contribution in [1.82, 2.24) is 15.0 Å². The van der Waals surface area contributed by atoms with Gasteiger partial charge in [0.05, 0.1) is 16.2 Å². The molecule has 2 aromatic heterocycles. The van der Waals surface area contributed by atoms with Crippen molar-refractivity contribution in [3.8, 4) is 28.4 Å². The molecule has 0 amide bonds. The normalized spacial score (nSPS) is 14.3. The molecule has 2 N–H and O–H groups in total.